The number of halogens is 1. The third-order valence-corrected chi connectivity index (χ3v) is 3.60. The van der Waals surface area contributed by atoms with Gasteiger partial charge in [-0.05, 0) is 54.4 Å². The van der Waals surface area contributed by atoms with E-state index < -0.39 is 0 Å². The van der Waals surface area contributed by atoms with Crippen molar-refractivity contribution in [3.8, 4) is 5.69 Å². The zero-order chi connectivity index (χ0) is 11.0. The average Bonchev–Trinajstić information content (AvgIpc) is 2.46. The molecule has 2 rings (SSSR count). The van der Waals surface area contributed by atoms with E-state index in [0.29, 0.717) is 0 Å². The lowest BCUT2D eigenvalue weighted by Crippen LogP contribution is -1.98. The molecular formula is C12H13BrN2. The number of hydrogen-bond acceptors (Lipinski definition) is 1. The first-order valence-corrected chi connectivity index (χ1v) is 5.67. The van der Waals surface area contributed by atoms with E-state index in [9.17, 15) is 0 Å². The molecule has 0 N–H and O–H groups in total. The molecule has 0 unspecified atom stereocenters. The van der Waals surface area contributed by atoms with Gasteiger partial charge < -0.3 is 0 Å². The van der Waals surface area contributed by atoms with Gasteiger partial charge in [-0.15, -0.1) is 0 Å². The molecule has 0 saturated carbocycles. The summed E-state index contributed by atoms with van der Waals surface area (Å²) >= 11 is 3.53. The molecule has 0 aliphatic rings. The maximum absolute atomic E-state index is 4.49. The molecular weight excluding hydrogens is 252 g/mol. The van der Waals surface area contributed by atoms with Gasteiger partial charge in [0.25, 0.3) is 0 Å². The van der Waals surface area contributed by atoms with Gasteiger partial charge in [0, 0.05) is 0 Å². The van der Waals surface area contributed by atoms with Gasteiger partial charge in [-0.2, -0.15) is 5.10 Å². The van der Waals surface area contributed by atoms with Gasteiger partial charge in [-0.3, -0.25) is 0 Å². The molecule has 2 nitrogen and oxygen atoms in total. The van der Waals surface area contributed by atoms with Crippen LogP contribution in [0.25, 0.3) is 5.69 Å². The molecule has 0 spiro atoms. The number of rotatable bonds is 1. The quantitative estimate of drug-likeness (QED) is 0.770. The van der Waals surface area contributed by atoms with Crippen LogP contribution in [-0.4, -0.2) is 9.78 Å². The standard InChI is InChI=1S/C12H13BrN2/c1-8-5-4-6-11(7-8)15-10(3)12(13)9(2)14-15/h4-7H,1-3H3. The molecule has 0 aliphatic carbocycles. The highest BCUT2D eigenvalue weighted by Crippen LogP contribution is 2.23. The fourth-order valence-electron chi connectivity index (χ4n) is 1.63. The number of benzene rings is 1. The Morgan fingerprint density at radius 2 is 1.93 bits per heavy atom. The molecule has 0 amide bonds. The summed E-state index contributed by atoms with van der Waals surface area (Å²) in [6.07, 6.45) is 0. The summed E-state index contributed by atoms with van der Waals surface area (Å²) in [6.45, 7) is 6.15. The largest absolute Gasteiger partial charge is 0.237 e. The first kappa shape index (κ1) is 10.4. The molecule has 0 saturated heterocycles. The van der Waals surface area contributed by atoms with E-state index in [0.717, 1.165) is 21.5 Å². The minimum Gasteiger partial charge on any atom is -0.237 e. The molecule has 2 aromatic rings. The minimum absolute atomic E-state index is 1.02. The summed E-state index contributed by atoms with van der Waals surface area (Å²) in [7, 11) is 0. The molecule has 0 radical (unpaired) electrons. The van der Waals surface area contributed by atoms with Crippen LogP contribution in [-0.2, 0) is 0 Å². The third kappa shape index (κ3) is 1.84. The molecule has 3 heteroatoms. The molecule has 0 atom stereocenters. The number of nitrogens with zero attached hydrogens (tertiary/aromatic N) is 2. The Bertz CT molecular complexity index is 500. The van der Waals surface area contributed by atoms with Crippen molar-refractivity contribution in [3.63, 3.8) is 0 Å². The maximum Gasteiger partial charge on any atom is 0.0743 e. The van der Waals surface area contributed by atoms with E-state index in [1.54, 1.807) is 0 Å². The second-order valence-corrected chi connectivity index (χ2v) is 4.53. The summed E-state index contributed by atoms with van der Waals surface area (Å²) < 4.78 is 3.05. The summed E-state index contributed by atoms with van der Waals surface area (Å²) in [6, 6.07) is 8.34. The smallest absolute Gasteiger partial charge is 0.0743 e. The first-order chi connectivity index (χ1) is 7.09. The SMILES string of the molecule is Cc1cccc(-n2nc(C)c(Br)c2C)c1. The molecule has 78 valence electrons. The van der Waals surface area contributed by atoms with Crippen molar-refractivity contribution >= 4 is 15.9 Å². The van der Waals surface area contributed by atoms with Crippen LogP contribution in [0.2, 0.25) is 0 Å². The van der Waals surface area contributed by atoms with Gasteiger partial charge in [-0.1, -0.05) is 12.1 Å². The maximum atomic E-state index is 4.49. The van der Waals surface area contributed by atoms with E-state index >= 15 is 0 Å². The van der Waals surface area contributed by atoms with Crippen molar-refractivity contribution in [2.45, 2.75) is 20.8 Å². The van der Waals surface area contributed by atoms with Crippen molar-refractivity contribution < 1.29 is 0 Å². The van der Waals surface area contributed by atoms with Crippen molar-refractivity contribution in [1.82, 2.24) is 9.78 Å². The van der Waals surface area contributed by atoms with Gasteiger partial charge in [0.15, 0.2) is 0 Å². The highest BCUT2D eigenvalue weighted by atomic mass is 79.9. The van der Waals surface area contributed by atoms with Crippen LogP contribution in [0.1, 0.15) is 17.0 Å². The fraction of sp³-hybridized carbons (Fsp3) is 0.250. The van der Waals surface area contributed by atoms with Crippen molar-refractivity contribution in [2.75, 3.05) is 0 Å². The first-order valence-electron chi connectivity index (χ1n) is 4.88. The predicted octanol–water partition coefficient (Wildman–Crippen LogP) is 3.56. The Morgan fingerprint density at radius 1 is 1.20 bits per heavy atom. The zero-order valence-corrected chi connectivity index (χ0v) is 10.7. The third-order valence-electron chi connectivity index (χ3n) is 2.45. The van der Waals surface area contributed by atoms with Crippen LogP contribution in [0.3, 0.4) is 0 Å². The molecule has 0 fully saturated rings. The Labute approximate surface area is 98.1 Å². The number of aryl methyl sites for hydroxylation is 2. The predicted molar refractivity (Wildman–Crippen MR) is 65.5 cm³/mol. The van der Waals surface area contributed by atoms with E-state index in [2.05, 4.69) is 59.1 Å². The monoisotopic (exact) mass is 264 g/mol. The second kappa shape index (κ2) is 3.81. The average molecular weight is 265 g/mol. The Morgan fingerprint density at radius 3 is 2.47 bits per heavy atom. The Hall–Kier alpha value is -1.09. The molecule has 1 aromatic heterocycles. The Kier molecular flexibility index (Phi) is 2.65. The van der Waals surface area contributed by atoms with Gasteiger partial charge in [0.1, 0.15) is 0 Å². The van der Waals surface area contributed by atoms with Crippen LogP contribution in [0.4, 0.5) is 0 Å². The number of aromatic nitrogens is 2. The van der Waals surface area contributed by atoms with Crippen molar-refractivity contribution in [1.29, 1.82) is 0 Å². The van der Waals surface area contributed by atoms with Crippen LogP contribution < -0.4 is 0 Å². The van der Waals surface area contributed by atoms with Gasteiger partial charge >= 0.3 is 0 Å². The van der Waals surface area contributed by atoms with Crippen LogP contribution in [0, 0.1) is 20.8 Å². The van der Waals surface area contributed by atoms with Crippen LogP contribution >= 0.6 is 15.9 Å². The lowest BCUT2D eigenvalue weighted by atomic mass is 10.2. The molecule has 1 heterocycles. The highest BCUT2D eigenvalue weighted by Gasteiger charge is 2.09. The van der Waals surface area contributed by atoms with E-state index in [1.165, 1.54) is 5.56 Å². The second-order valence-electron chi connectivity index (χ2n) is 3.74. The highest BCUT2D eigenvalue weighted by molar-refractivity contribution is 9.10. The summed E-state index contributed by atoms with van der Waals surface area (Å²) in [5.41, 5.74) is 4.52. The number of hydrogen-bond donors (Lipinski definition) is 0. The minimum atomic E-state index is 1.02. The normalized spacial score (nSPS) is 10.7. The lowest BCUT2D eigenvalue weighted by Gasteiger charge is -2.04. The van der Waals surface area contributed by atoms with E-state index in [4.69, 9.17) is 0 Å². The molecule has 1 aromatic carbocycles. The van der Waals surface area contributed by atoms with Gasteiger partial charge in [-0.25, -0.2) is 4.68 Å². The van der Waals surface area contributed by atoms with Gasteiger partial charge in [0.05, 0.1) is 21.5 Å². The van der Waals surface area contributed by atoms with Crippen molar-refractivity contribution in [2.24, 2.45) is 0 Å². The molecule has 0 aliphatic heterocycles. The van der Waals surface area contributed by atoms with Crippen LogP contribution in [0.15, 0.2) is 28.7 Å². The topological polar surface area (TPSA) is 17.8 Å². The van der Waals surface area contributed by atoms with Gasteiger partial charge in [0.2, 0.25) is 0 Å². The lowest BCUT2D eigenvalue weighted by molar-refractivity contribution is 0.832. The Balaban J connectivity index is 2.59. The van der Waals surface area contributed by atoms with Crippen molar-refractivity contribution in [3.05, 3.63) is 45.7 Å². The summed E-state index contributed by atoms with van der Waals surface area (Å²) in [5, 5.41) is 4.49. The summed E-state index contributed by atoms with van der Waals surface area (Å²) in [4.78, 5) is 0. The van der Waals surface area contributed by atoms with Crippen LogP contribution in [0.5, 0.6) is 0 Å². The van der Waals surface area contributed by atoms with E-state index in [1.807, 2.05) is 11.6 Å². The van der Waals surface area contributed by atoms with E-state index in [-0.39, 0.29) is 0 Å². The molecule has 15 heavy (non-hydrogen) atoms. The molecule has 0 bridgehead atoms. The fourth-order valence-corrected chi connectivity index (χ4v) is 1.88. The zero-order valence-electron chi connectivity index (χ0n) is 9.08. The summed E-state index contributed by atoms with van der Waals surface area (Å²) in [5.74, 6) is 0.